The molecular weight excluding hydrogens is 446 g/mol. The zero-order valence-corrected chi connectivity index (χ0v) is 20.1. The van der Waals surface area contributed by atoms with Crippen molar-refractivity contribution in [1.82, 2.24) is 8.87 Å². The number of fused-ring (bicyclic) bond motifs is 1. The minimum absolute atomic E-state index is 0.0371. The zero-order chi connectivity index (χ0) is 23.0. The molecule has 32 heavy (non-hydrogen) atoms. The number of hydrogen-bond acceptors (Lipinski definition) is 5. The van der Waals surface area contributed by atoms with E-state index in [1.165, 1.54) is 10.4 Å². The van der Waals surface area contributed by atoms with Gasteiger partial charge in [-0.1, -0.05) is 23.8 Å². The fraction of sp³-hybridized carbons (Fsp3) is 0.391. The normalized spacial score (nSPS) is 15.4. The first kappa shape index (κ1) is 22.7. The number of benzene rings is 2. The molecule has 4 rings (SSSR count). The number of carbonyl (C=O) groups excluding carboxylic acids is 1. The lowest BCUT2D eigenvalue weighted by Crippen LogP contribution is -2.35. The molecule has 1 aliphatic rings. The van der Waals surface area contributed by atoms with Gasteiger partial charge in [0.1, 0.15) is 0 Å². The summed E-state index contributed by atoms with van der Waals surface area (Å²) in [6.45, 7) is 6.71. The highest BCUT2D eigenvalue weighted by molar-refractivity contribution is 7.89. The molecule has 3 aromatic rings. The summed E-state index contributed by atoms with van der Waals surface area (Å²) in [4.78, 5) is 25.4. The number of nitrogens with one attached hydrogen (secondary N) is 1. The number of nitrogens with zero attached hydrogens (tertiary/aromatic N) is 2. The number of amides is 1. The van der Waals surface area contributed by atoms with Gasteiger partial charge in [-0.3, -0.25) is 14.2 Å². The molecule has 1 fully saturated rings. The fourth-order valence-electron chi connectivity index (χ4n) is 4.06. The number of thiazole rings is 1. The molecule has 0 spiro atoms. The van der Waals surface area contributed by atoms with Crippen LogP contribution in [0.5, 0.6) is 0 Å². The third-order valence-corrected chi connectivity index (χ3v) is 8.61. The highest BCUT2D eigenvalue weighted by atomic mass is 32.2. The van der Waals surface area contributed by atoms with Crippen molar-refractivity contribution in [2.45, 2.75) is 51.0 Å². The molecule has 0 atom stereocenters. The van der Waals surface area contributed by atoms with E-state index >= 15 is 0 Å². The number of aromatic nitrogens is 1. The second kappa shape index (κ2) is 8.80. The van der Waals surface area contributed by atoms with E-state index < -0.39 is 10.0 Å². The molecule has 1 amide bonds. The van der Waals surface area contributed by atoms with Crippen LogP contribution in [0.15, 0.2) is 46.1 Å². The molecule has 1 aliphatic heterocycles. The van der Waals surface area contributed by atoms with Gasteiger partial charge in [0.25, 0.3) is 5.91 Å². The molecule has 2 heterocycles. The van der Waals surface area contributed by atoms with Gasteiger partial charge < -0.3 is 5.32 Å². The quantitative estimate of drug-likeness (QED) is 0.596. The van der Waals surface area contributed by atoms with Crippen LogP contribution in [0.3, 0.4) is 0 Å². The molecule has 0 radical (unpaired) electrons. The smallest absolute Gasteiger partial charge is 0.308 e. The topological polar surface area (TPSA) is 88.5 Å². The minimum Gasteiger partial charge on any atom is -0.322 e. The Morgan fingerprint density at radius 2 is 1.78 bits per heavy atom. The van der Waals surface area contributed by atoms with Crippen LogP contribution in [0.1, 0.15) is 55.1 Å². The third-order valence-electron chi connectivity index (χ3n) is 5.79. The van der Waals surface area contributed by atoms with E-state index in [0.29, 0.717) is 29.9 Å². The second-order valence-corrected chi connectivity index (χ2v) is 11.3. The van der Waals surface area contributed by atoms with Crippen molar-refractivity contribution in [3.63, 3.8) is 0 Å². The summed E-state index contributed by atoms with van der Waals surface area (Å²) in [5.74, 6) is -0.381. The van der Waals surface area contributed by atoms with E-state index in [0.717, 1.165) is 40.8 Å². The van der Waals surface area contributed by atoms with Crippen molar-refractivity contribution in [1.29, 1.82) is 0 Å². The molecule has 0 bridgehead atoms. The SMILES string of the molecule is Cc1ccc(S(=O)(=O)N2CCCCC2)cc1C(=O)Nc1ccc2c(c1)sc(=O)n2C(C)C. The van der Waals surface area contributed by atoms with Crippen LogP contribution < -0.4 is 10.2 Å². The molecule has 0 saturated carbocycles. The predicted molar refractivity (Wildman–Crippen MR) is 128 cm³/mol. The number of piperidine rings is 1. The number of rotatable bonds is 5. The van der Waals surface area contributed by atoms with Crippen molar-refractivity contribution in [3.05, 3.63) is 57.2 Å². The summed E-state index contributed by atoms with van der Waals surface area (Å²) in [5.41, 5.74) is 2.40. The van der Waals surface area contributed by atoms with E-state index in [1.54, 1.807) is 35.8 Å². The first-order valence-corrected chi connectivity index (χ1v) is 13.0. The summed E-state index contributed by atoms with van der Waals surface area (Å²) >= 11 is 1.14. The third kappa shape index (κ3) is 4.24. The van der Waals surface area contributed by atoms with Crippen molar-refractivity contribution in [3.8, 4) is 0 Å². The van der Waals surface area contributed by atoms with Crippen LogP contribution >= 0.6 is 11.3 Å². The maximum atomic E-state index is 13.0. The number of carbonyl (C=O) groups is 1. The average Bonchev–Trinajstić information content (AvgIpc) is 3.09. The molecule has 170 valence electrons. The Morgan fingerprint density at radius 3 is 2.47 bits per heavy atom. The number of aryl methyl sites for hydroxylation is 1. The lowest BCUT2D eigenvalue weighted by Gasteiger charge is -2.26. The first-order chi connectivity index (χ1) is 15.2. The predicted octanol–water partition coefficient (Wildman–Crippen LogP) is 4.38. The Balaban J connectivity index is 1.62. The largest absolute Gasteiger partial charge is 0.322 e. The van der Waals surface area contributed by atoms with Crippen LogP contribution in [0.2, 0.25) is 0 Å². The Labute approximate surface area is 191 Å². The van der Waals surface area contributed by atoms with Gasteiger partial charge in [-0.2, -0.15) is 4.31 Å². The monoisotopic (exact) mass is 473 g/mol. The number of hydrogen-bond donors (Lipinski definition) is 1. The Morgan fingerprint density at radius 1 is 1.06 bits per heavy atom. The molecular formula is C23H27N3O4S2. The van der Waals surface area contributed by atoms with Crippen LogP contribution in [-0.4, -0.2) is 36.3 Å². The van der Waals surface area contributed by atoms with Crippen molar-refractivity contribution >= 4 is 43.2 Å². The van der Waals surface area contributed by atoms with Gasteiger partial charge in [-0.15, -0.1) is 0 Å². The van der Waals surface area contributed by atoms with Gasteiger partial charge in [0, 0.05) is 30.4 Å². The van der Waals surface area contributed by atoms with E-state index in [9.17, 15) is 18.0 Å². The summed E-state index contributed by atoms with van der Waals surface area (Å²) in [6.07, 6.45) is 2.74. The number of anilines is 1. The molecule has 1 N–H and O–H groups in total. The van der Waals surface area contributed by atoms with Crippen LogP contribution in [0.4, 0.5) is 5.69 Å². The van der Waals surface area contributed by atoms with Gasteiger partial charge in [0.2, 0.25) is 10.0 Å². The molecule has 2 aromatic carbocycles. The Kier molecular flexibility index (Phi) is 6.24. The highest BCUT2D eigenvalue weighted by Crippen LogP contribution is 2.26. The van der Waals surface area contributed by atoms with Crippen molar-refractivity contribution < 1.29 is 13.2 Å². The van der Waals surface area contributed by atoms with E-state index in [2.05, 4.69) is 5.32 Å². The Bertz CT molecular complexity index is 1330. The van der Waals surface area contributed by atoms with Gasteiger partial charge in [0.15, 0.2) is 0 Å². The standard InChI is InChI=1S/C23H27N3O4S2/c1-15(2)26-20-10-8-17(13-21(20)31-23(26)28)24-22(27)19-14-18(9-7-16(19)3)32(29,30)25-11-5-4-6-12-25/h7-10,13-15H,4-6,11-12H2,1-3H3,(H,24,27). The second-order valence-electron chi connectivity index (χ2n) is 8.41. The van der Waals surface area contributed by atoms with E-state index in [-0.39, 0.29) is 21.7 Å². The van der Waals surface area contributed by atoms with Crippen LogP contribution in [0.25, 0.3) is 10.2 Å². The lowest BCUT2D eigenvalue weighted by molar-refractivity contribution is 0.102. The van der Waals surface area contributed by atoms with Crippen molar-refractivity contribution in [2.24, 2.45) is 0 Å². The summed E-state index contributed by atoms with van der Waals surface area (Å²) in [7, 11) is -3.63. The van der Waals surface area contributed by atoms with Gasteiger partial charge in [-0.25, -0.2) is 8.42 Å². The average molecular weight is 474 g/mol. The maximum Gasteiger partial charge on any atom is 0.308 e. The summed E-state index contributed by atoms with van der Waals surface area (Å²) < 4.78 is 30.1. The van der Waals surface area contributed by atoms with Crippen LogP contribution in [-0.2, 0) is 10.0 Å². The molecule has 0 unspecified atom stereocenters. The lowest BCUT2D eigenvalue weighted by atomic mass is 10.1. The van der Waals surface area contributed by atoms with Crippen LogP contribution in [0, 0.1) is 6.92 Å². The molecule has 7 nitrogen and oxygen atoms in total. The Hall–Kier alpha value is -2.49. The zero-order valence-electron chi connectivity index (χ0n) is 18.4. The summed E-state index contributed by atoms with van der Waals surface area (Å²) in [6, 6.07) is 10.1. The van der Waals surface area contributed by atoms with Crippen molar-refractivity contribution in [2.75, 3.05) is 18.4 Å². The fourth-order valence-corrected chi connectivity index (χ4v) is 6.66. The minimum atomic E-state index is -3.63. The molecule has 9 heteroatoms. The maximum absolute atomic E-state index is 13.0. The van der Waals surface area contributed by atoms with Gasteiger partial charge in [-0.05, 0) is 69.5 Å². The van der Waals surface area contributed by atoms with E-state index in [1.807, 2.05) is 19.9 Å². The first-order valence-electron chi connectivity index (χ1n) is 10.8. The highest BCUT2D eigenvalue weighted by Gasteiger charge is 2.27. The number of sulfonamides is 1. The molecule has 0 aliphatic carbocycles. The van der Waals surface area contributed by atoms with Gasteiger partial charge >= 0.3 is 4.87 Å². The summed E-state index contributed by atoms with van der Waals surface area (Å²) in [5, 5.41) is 2.86. The van der Waals surface area contributed by atoms with E-state index in [4.69, 9.17) is 0 Å². The van der Waals surface area contributed by atoms with Gasteiger partial charge in [0.05, 0.1) is 15.1 Å². The molecule has 1 aromatic heterocycles. The molecule has 1 saturated heterocycles.